The molecule has 0 rings (SSSR count). The minimum atomic E-state index is -1.07. The second-order valence-electron chi connectivity index (χ2n) is 6.37. The maximum atomic E-state index is 11.9. The molecule has 0 aliphatic rings. The van der Waals surface area contributed by atoms with Gasteiger partial charge in [0.2, 0.25) is 5.91 Å². The number of halogens is 1. The molecule has 0 radical (unpaired) electrons. The first-order chi connectivity index (χ1) is 11.6. The summed E-state index contributed by atoms with van der Waals surface area (Å²) in [5.74, 6) is -1.33. The Morgan fingerprint density at radius 3 is 2.28 bits per heavy atom. The highest BCUT2D eigenvalue weighted by atomic mass is 35.5. The summed E-state index contributed by atoms with van der Waals surface area (Å²) in [5.41, 5.74) is 0.625. The molecule has 0 aromatic rings. The summed E-state index contributed by atoms with van der Waals surface area (Å²) in [6.45, 7) is 9.27. The van der Waals surface area contributed by atoms with Crippen LogP contribution in [0.25, 0.3) is 0 Å². The molecule has 0 fully saturated rings. The molecule has 1 unspecified atom stereocenters. The molecular formula is C17H29ClN4O3. The monoisotopic (exact) mass is 372 g/mol. The Balaban J connectivity index is 4.51. The largest absolute Gasteiger partial charge is 0.480 e. The minimum absolute atomic E-state index is 0.0801. The number of carbonyl (C=O) groups is 2. The molecule has 0 bridgehead atoms. The van der Waals surface area contributed by atoms with Gasteiger partial charge in [-0.05, 0) is 31.3 Å². The zero-order valence-electron chi connectivity index (χ0n) is 15.4. The van der Waals surface area contributed by atoms with Crippen LogP contribution < -0.4 is 16.0 Å². The lowest BCUT2D eigenvalue weighted by Crippen LogP contribution is -2.47. The van der Waals surface area contributed by atoms with Crippen LogP contribution in [-0.4, -0.2) is 35.5 Å². The van der Waals surface area contributed by atoms with E-state index < -0.39 is 17.9 Å². The van der Waals surface area contributed by atoms with Gasteiger partial charge in [-0.15, -0.1) is 0 Å². The molecule has 0 saturated heterocycles. The van der Waals surface area contributed by atoms with E-state index in [0.717, 1.165) is 0 Å². The molecule has 0 aliphatic heterocycles. The Morgan fingerprint density at radius 1 is 1.24 bits per heavy atom. The van der Waals surface area contributed by atoms with Crippen molar-refractivity contribution in [3.8, 4) is 0 Å². The zero-order chi connectivity index (χ0) is 19.6. The number of nitrogens with one attached hydrogen (secondary N) is 4. The van der Waals surface area contributed by atoms with E-state index in [9.17, 15) is 9.59 Å². The van der Waals surface area contributed by atoms with Gasteiger partial charge in [-0.2, -0.15) is 0 Å². The fourth-order valence-corrected chi connectivity index (χ4v) is 1.92. The van der Waals surface area contributed by atoms with E-state index in [1.54, 1.807) is 19.1 Å². The Kier molecular flexibility index (Phi) is 10.6. The van der Waals surface area contributed by atoms with Gasteiger partial charge in [-0.1, -0.05) is 45.4 Å². The molecule has 5 N–H and O–H groups in total. The van der Waals surface area contributed by atoms with Gasteiger partial charge in [-0.25, -0.2) is 4.79 Å². The average molecular weight is 373 g/mol. The van der Waals surface area contributed by atoms with Crippen LogP contribution in [0.15, 0.2) is 22.9 Å². The van der Waals surface area contributed by atoms with Crippen LogP contribution in [0.4, 0.5) is 0 Å². The Hall–Kier alpha value is -2.02. The van der Waals surface area contributed by atoms with Crippen LogP contribution in [0.2, 0.25) is 0 Å². The molecular weight excluding hydrogens is 344 g/mol. The van der Waals surface area contributed by atoms with E-state index in [2.05, 4.69) is 16.0 Å². The molecule has 8 heteroatoms. The number of amides is 1. The summed E-state index contributed by atoms with van der Waals surface area (Å²) in [6, 6.07) is -0.935. The molecule has 0 saturated carbocycles. The van der Waals surface area contributed by atoms with E-state index in [0.29, 0.717) is 17.2 Å². The number of carboxylic acids is 1. The third-order valence-corrected chi connectivity index (χ3v) is 3.74. The average Bonchev–Trinajstić information content (AvgIpc) is 2.50. The maximum absolute atomic E-state index is 11.9. The number of aliphatic carboxylic acids is 1. The van der Waals surface area contributed by atoms with Gasteiger partial charge in [0, 0.05) is 10.7 Å². The summed E-state index contributed by atoms with van der Waals surface area (Å²) in [4.78, 5) is 23.0. The Morgan fingerprint density at radius 2 is 1.84 bits per heavy atom. The topological polar surface area (TPSA) is 114 Å². The molecule has 25 heavy (non-hydrogen) atoms. The number of carboxylic acid groups (broad SMARTS) is 1. The molecule has 0 aromatic heterocycles. The summed E-state index contributed by atoms with van der Waals surface area (Å²) >= 11 is 6.10. The quantitative estimate of drug-likeness (QED) is 0.242. The SMILES string of the molecule is C/C=C(\C=C(\Cl)C(C)C)NC(=N)NCC(=O)NC(CC(C)C)C(=O)O. The summed E-state index contributed by atoms with van der Waals surface area (Å²) in [5, 5.41) is 25.4. The lowest BCUT2D eigenvalue weighted by molar-refractivity contribution is -0.142. The molecule has 1 amide bonds. The number of hydrogen-bond acceptors (Lipinski definition) is 3. The summed E-state index contributed by atoms with van der Waals surface area (Å²) in [7, 11) is 0. The molecule has 0 spiro atoms. The van der Waals surface area contributed by atoms with Crippen molar-refractivity contribution < 1.29 is 14.7 Å². The summed E-state index contributed by atoms with van der Waals surface area (Å²) in [6.07, 6.45) is 3.81. The van der Waals surface area contributed by atoms with Crippen LogP contribution in [0.1, 0.15) is 41.0 Å². The number of rotatable bonds is 9. The van der Waals surface area contributed by atoms with Crippen LogP contribution in [0, 0.1) is 17.2 Å². The lowest BCUT2D eigenvalue weighted by Gasteiger charge is -2.17. The fraction of sp³-hybridized carbons (Fsp3) is 0.588. The first kappa shape index (κ1) is 23.0. The molecule has 1 atom stereocenters. The van der Waals surface area contributed by atoms with Gasteiger partial charge >= 0.3 is 5.97 Å². The van der Waals surface area contributed by atoms with Crippen molar-refractivity contribution in [1.29, 1.82) is 5.41 Å². The van der Waals surface area contributed by atoms with Crippen molar-refractivity contribution in [2.75, 3.05) is 6.54 Å². The van der Waals surface area contributed by atoms with Gasteiger partial charge < -0.3 is 21.1 Å². The predicted octanol–water partition coefficient (Wildman–Crippen LogP) is 2.40. The van der Waals surface area contributed by atoms with E-state index in [-0.39, 0.29) is 24.3 Å². The lowest BCUT2D eigenvalue weighted by atomic mass is 10.0. The number of guanidine groups is 1. The number of carbonyl (C=O) groups excluding carboxylic acids is 1. The summed E-state index contributed by atoms with van der Waals surface area (Å²) < 4.78 is 0. The highest BCUT2D eigenvalue weighted by Crippen LogP contribution is 2.15. The van der Waals surface area contributed by atoms with Gasteiger partial charge in [-0.3, -0.25) is 10.2 Å². The fourth-order valence-electron chi connectivity index (χ4n) is 1.80. The third kappa shape index (κ3) is 10.4. The van der Waals surface area contributed by atoms with Gasteiger partial charge in [0.25, 0.3) is 0 Å². The van der Waals surface area contributed by atoms with Crippen molar-refractivity contribution in [1.82, 2.24) is 16.0 Å². The maximum Gasteiger partial charge on any atom is 0.326 e. The first-order valence-corrected chi connectivity index (χ1v) is 8.59. The second-order valence-corrected chi connectivity index (χ2v) is 6.81. The van der Waals surface area contributed by atoms with Crippen molar-refractivity contribution in [3.05, 3.63) is 22.9 Å². The highest BCUT2D eigenvalue weighted by Gasteiger charge is 2.20. The van der Waals surface area contributed by atoms with Crippen molar-refractivity contribution in [2.45, 2.75) is 47.1 Å². The standard InChI is InChI=1S/C17H29ClN4O3/c1-6-12(8-13(18)11(4)5)21-17(19)20-9-15(23)22-14(16(24)25)7-10(2)3/h6,8,10-11,14H,7,9H2,1-5H3,(H,22,23)(H,24,25)(H3,19,20,21)/b12-6+,13-8+. The van der Waals surface area contributed by atoms with Crippen LogP contribution in [0.5, 0.6) is 0 Å². The molecule has 142 valence electrons. The number of allylic oxidation sites excluding steroid dienone is 3. The van der Waals surface area contributed by atoms with Crippen LogP contribution in [0.3, 0.4) is 0 Å². The second kappa shape index (κ2) is 11.5. The Labute approximate surface area is 154 Å². The molecule has 0 aromatic carbocycles. The van der Waals surface area contributed by atoms with E-state index in [4.69, 9.17) is 22.1 Å². The molecule has 0 aliphatic carbocycles. The number of hydrogen-bond donors (Lipinski definition) is 5. The normalized spacial score (nSPS) is 13.6. The first-order valence-electron chi connectivity index (χ1n) is 8.21. The predicted molar refractivity (Wildman–Crippen MR) is 100 cm³/mol. The highest BCUT2D eigenvalue weighted by molar-refractivity contribution is 6.30. The van der Waals surface area contributed by atoms with Crippen LogP contribution in [-0.2, 0) is 9.59 Å². The minimum Gasteiger partial charge on any atom is -0.480 e. The van der Waals surface area contributed by atoms with Crippen LogP contribution >= 0.6 is 11.6 Å². The molecule has 7 nitrogen and oxygen atoms in total. The smallest absolute Gasteiger partial charge is 0.326 e. The zero-order valence-corrected chi connectivity index (χ0v) is 16.2. The van der Waals surface area contributed by atoms with Crippen molar-refractivity contribution >= 4 is 29.4 Å². The molecule has 0 heterocycles. The van der Waals surface area contributed by atoms with Gasteiger partial charge in [0.05, 0.1) is 6.54 Å². The van der Waals surface area contributed by atoms with Crippen molar-refractivity contribution in [3.63, 3.8) is 0 Å². The van der Waals surface area contributed by atoms with Gasteiger partial charge in [0.15, 0.2) is 5.96 Å². The Bertz CT molecular complexity index is 542. The van der Waals surface area contributed by atoms with Crippen molar-refractivity contribution in [2.24, 2.45) is 11.8 Å². The van der Waals surface area contributed by atoms with E-state index >= 15 is 0 Å². The third-order valence-electron chi connectivity index (χ3n) is 3.19. The van der Waals surface area contributed by atoms with E-state index in [1.807, 2.05) is 27.7 Å². The van der Waals surface area contributed by atoms with Gasteiger partial charge in [0.1, 0.15) is 6.04 Å². The van der Waals surface area contributed by atoms with E-state index in [1.165, 1.54) is 0 Å².